The fourth-order valence-electron chi connectivity index (χ4n) is 2.40. The second kappa shape index (κ2) is 8.25. The third kappa shape index (κ3) is 5.68. The Morgan fingerprint density at radius 3 is 1.96 bits per heavy atom. The molecule has 0 radical (unpaired) electrons. The van der Waals surface area contributed by atoms with Gasteiger partial charge in [0.2, 0.25) is 0 Å². The lowest BCUT2D eigenvalue weighted by atomic mass is 10.0. The van der Waals surface area contributed by atoms with Gasteiger partial charge in [-0.25, -0.2) is 0 Å². The predicted octanol–water partition coefficient (Wildman–Crippen LogP) is 2.74. The average molecular weight is 313 g/mol. The van der Waals surface area contributed by atoms with Crippen molar-refractivity contribution in [3.63, 3.8) is 0 Å². The van der Waals surface area contributed by atoms with Gasteiger partial charge in [-0.1, -0.05) is 30.8 Å². The fourth-order valence-corrected chi connectivity index (χ4v) is 2.40. The molecule has 0 saturated carbocycles. The van der Waals surface area contributed by atoms with Gasteiger partial charge in [-0.3, -0.25) is 0 Å². The Morgan fingerprint density at radius 1 is 0.913 bits per heavy atom. The maximum Gasteiger partial charge on any atom is 0.115 e. The van der Waals surface area contributed by atoms with E-state index < -0.39 is 0 Å². The molecule has 2 rings (SSSR count). The minimum absolute atomic E-state index is 0.0130. The summed E-state index contributed by atoms with van der Waals surface area (Å²) in [5.41, 5.74) is 3.04. The summed E-state index contributed by atoms with van der Waals surface area (Å²) in [6.07, 6.45) is 2.25. The summed E-state index contributed by atoms with van der Waals surface area (Å²) in [5.74, 6) is 0.500. The molecule has 0 aliphatic rings. The van der Waals surface area contributed by atoms with Crippen LogP contribution in [0.15, 0.2) is 60.8 Å². The van der Waals surface area contributed by atoms with E-state index in [4.69, 9.17) is 0 Å². The molecule has 0 aliphatic heterocycles. The number of benzene rings is 2. The zero-order chi connectivity index (χ0) is 16.7. The molecule has 4 nitrogen and oxygen atoms in total. The van der Waals surface area contributed by atoms with Crippen LogP contribution in [0.4, 0.5) is 0 Å². The van der Waals surface area contributed by atoms with Crippen LogP contribution in [0.3, 0.4) is 0 Å². The highest BCUT2D eigenvalue weighted by Gasteiger charge is 2.09. The molecule has 0 saturated heterocycles. The Bertz CT molecular complexity index is 620. The van der Waals surface area contributed by atoms with Gasteiger partial charge in [-0.05, 0) is 54.7 Å². The standard InChI is InChI=1S/C19H23NO3/c1-14(2-3-15-4-8-18(22)9-5-15)20-17(13-21)12-16-6-10-19(23)11-7-16/h4-11,17,20-23H,1-3,12-13H2. The molecule has 0 aliphatic carbocycles. The summed E-state index contributed by atoms with van der Waals surface area (Å²) >= 11 is 0. The second-order valence-corrected chi connectivity index (χ2v) is 5.66. The number of aryl methyl sites for hydroxylation is 1. The molecule has 0 bridgehead atoms. The molecule has 4 heteroatoms. The molecule has 4 N–H and O–H groups in total. The monoisotopic (exact) mass is 313 g/mol. The van der Waals surface area contributed by atoms with Crippen LogP contribution in [0, 0.1) is 0 Å². The van der Waals surface area contributed by atoms with Crippen molar-refractivity contribution in [2.24, 2.45) is 0 Å². The third-order valence-corrected chi connectivity index (χ3v) is 3.70. The number of phenols is 2. The van der Waals surface area contributed by atoms with E-state index in [0.29, 0.717) is 6.42 Å². The van der Waals surface area contributed by atoms with Gasteiger partial charge in [0.05, 0.1) is 12.6 Å². The number of aliphatic hydroxyl groups excluding tert-OH is 1. The number of phenolic OH excluding ortho intramolecular Hbond substituents is 2. The van der Waals surface area contributed by atoms with Crippen molar-refractivity contribution >= 4 is 0 Å². The first-order valence-electron chi connectivity index (χ1n) is 7.68. The molecule has 122 valence electrons. The van der Waals surface area contributed by atoms with Crippen LogP contribution < -0.4 is 5.32 Å². The van der Waals surface area contributed by atoms with Crippen LogP contribution >= 0.6 is 0 Å². The van der Waals surface area contributed by atoms with Crippen molar-refractivity contribution in [2.45, 2.75) is 25.3 Å². The molecule has 0 aromatic heterocycles. The van der Waals surface area contributed by atoms with Crippen LogP contribution in [-0.4, -0.2) is 28.0 Å². The molecule has 1 unspecified atom stereocenters. The SMILES string of the molecule is C=C(CCc1ccc(O)cc1)NC(CO)Cc1ccc(O)cc1. The molecule has 0 fully saturated rings. The summed E-state index contributed by atoms with van der Waals surface area (Å²) in [6, 6.07) is 14.0. The Balaban J connectivity index is 1.82. The summed E-state index contributed by atoms with van der Waals surface area (Å²) in [6.45, 7) is 4.03. The molecule has 1 atom stereocenters. The molecule has 23 heavy (non-hydrogen) atoms. The largest absolute Gasteiger partial charge is 0.508 e. The molecule has 2 aromatic carbocycles. The Kier molecular flexibility index (Phi) is 6.06. The van der Waals surface area contributed by atoms with E-state index in [-0.39, 0.29) is 24.1 Å². The van der Waals surface area contributed by atoms with Crippen molar-refractivity contribution in [2.75, 3.05) is 6.61 Å². The van der Waals surface area contributed by atoms with E-state index in [9.17, 15) is 15.3 Å². The van der Waals surface area contributed by atoms with E-state index in [2.05, 4.69) is 11.9 Å². The molecule has 2 aromatic rings. The van der Waals surface area contributed by atoms with Gasteiger partial charge in [-0.2, -0.15) is 0 Å². The molecular weight excluding hydrogens is 290 g/mol. The van der Waals surface area contributed by atoms with Crippen LogP contribution in [0.1, 0.15) is 17.5 Å². The van der Waals surface area contributed by atoms with E-state index in [0.717, 1.165) is 29.7 Å². The highest BCUT2D eigenvalue weighted by molar-refractivity contribution is 5.27. The Morgan fingerprint density at radius 2 is 1.43 bits per heavy atom. The van der Waals surface area contributed by atoms with Gasteiger partial charge in [0.1, 0.15) is 11.5 Å². The van der Waals surface area contributed by atoms with Gasteiger partial charge in [-0.15, -0.1) is 0 Å². The third-order valence-electron chi connectivity index (χ3n) is 3.70. The van der Waals surface area contributed by atoms with Crippen molar-refractivity contribution in [1.82, 2.24) is 5.32 Å². The van der Waals surface area contributed by atoms with Crippen LogP contribution in [0.2, 0.25) is 0 Å². The number of rotatable bonds is 8. The van der Waals surface area contributed by atoms with Gasteiger partial charge >= 0.3 is 0 Å². The molecule has 0 spiro atoms. The second-order valence-electron chi connectivity index (χ2n) is 5.66. The average Bonchev–Trinajstić information content (AvgIpc) is 2.55. The van der Waals surface area contributed by atoms with E-state index in [1.54, 1.807) is 24.3 Å². The van der Waals surface area contributed by atoms with E-state index in [1.165, 1.54) is 0 Å². The number of nitrogens with one attached hydrogen (secondary N) is 1. The summed E-state index contributed by atoms with van der Waals surface area (Å²) in [7, 11) is 0. The van der Waals surface area contributed by atoms with Crippen molar-refractivity contribution in [3.05, 3.63) is 71.9 Å². The van der Waals surface area contributed by atoms with Gasteiger partial charge in [0, 0.05) is 5.70 Å². The van der Waals surface area contributed by atoms with Gasteiger partial charge in [0.25, 0.3) is 0 Å². The minimum atomic E-state index is -0.105. The lowest BCUT2D eigenvalue weighted by Gasteiger charge is -2.19. The number of hydrogen-bond donors (Lipinski definition) is 4. The van der Waals surface area contributed by atoms with Crippen LogP contribution in [0.25, 0.3) is 0 Å². The Hall–Kier alpha value is -2.46. The van der Waals surface area contributed by atoms with Crippen molar-refractivity contribution in [3.8, 4) is 11.5 Å². The quantitative estimate of drug-likeness (QED) is 0.605. The molecular formula is C19H23NO3. The lowest BCUT2D eigenvalue weighted by Crippen LogP contribution is -2.33. The van der Waals surface area contributed by atoms with E-state index >= 15 is 0 Å². The highest BCUT2D eigenvalue weighted by Crippen LogP contribution is 2.14. The van der Waals surface area contributed by atoms with Crippen LogP contribution in [0.5, 0.6) is 11.5 Å². The summed E-state index contributed by atoms with van der Waals surface area (Å²) in [5, 5.41) is 31.3. The molecule has 0 heterocycles. The zero-order valence-corrected chi connectivity index (χ0v) is 13.1. The van der Waals surface area contributed by atoms with Gasteiger partial charge < -0.3 is 20.6 Å². The maximum absolute atomic E-state index is 9.53. The number of aromatic hydroxyl groups is 2. The normalized spacial score (nSPS) is 11.9. The topological polar surface area (TPSA) is 72.7 Å². The minimum Gasteiger partial charge on any atom is -0.508 e. The molecule has 0 amide bonds. The first-order valence-corrected chi connectivity index (χ1v) is 7.68. The van der Waals surface area contributed by atoms with Crippen molar-refractivity contribution in [1.29, 1.82) is 0 Å². The predicted molar refractivity (Wildman–Crippen MR) is 91.4 cm³/mol. The first-order chi connectivity index (χ1) is 11.1. The number of aliphatic hydroxyl groups is 1. The smallest absolute Gasteiger partial charge is 0.115 e. The summed E-state index contributed by atoms with van der Waals surface area (Å²) in [4.78, 5) is 0. The number of allylic oxidation sites excluding steroid dienone is 1. The summed E-state index contributed by atoms with van der Waals surface area (Å²) < 4.78 is 0. The highest BCUT2D eigenvalue weighted by atomic mass is 16.3. The Labute approximate surface area is 136 Å². The number of hydrogen-bond acceptors (Lipinski definition) is 4. The van der Waals surface area contributed by atoms with E-state index in [1.807, 2.05) is 24.3 Å². The van der Waals surface area contributed by atoms with Gasteiger partial charge in [0.15, 0.2) is 0 Å². The van der Waals surface area contributed by atoms with Crippen molar-refractivity contribution < 1.29 is 15.3 Å². The zero-order valence-electron chi connectivity index (χ0n) is 13.1. The fraction of sp³-hybridized carbons (Fsp3) is 0.263. The first kappa shape index (κ1) is 16.9. The lowest BCUT2D eigenvalue weighted by molar-refractivity contribution is 0.248. The maximum atomic E-state index is 9.53. The van der Waals surface area contributed by atoms with Crippen LogP contribution in [-0.2, 0) is 12.8 Å².